The molecular weight excluding hydrogens is 841 g/mol. The Hall–Kier alpha value is -3.15. The van der Waals surface area contributed by atoms with Gasteiger partial charge in [-0.25, -0.2) is 0 Å². The number of carbonyl (C=O) groups excluding carboxylic acids is 3. The summed E-state index contributed by atoms with van der Waals surface area (Å²) in [6.07, 6.45) is 71.7. The summed E-state index contributed by atoms with van der Waals surface area (Å²) < 4.78 is 16.9. The Kier molecular flexibility index (Phi) is 53.8. The van der Waals surface area contributed by atoms with Crippen LogP contribution in [-0.2, 0) is 28.6 Å². The van der Waals surface area contributed by atoms with Crippen molar-refractivity contribution in [3.63, 3.8) is 0 Å². The number of unbranched alkanes of at least 4 members (excludes halogenated alkanes) is 29. The fourth-order valence-corrected chi connectivity index (χ4v) is 8.00. The van der Waals surface area contributed by atoms with Gasteiger partial charge < -0.3 is 14.2 Å². The van der Waals surface area contributed by atoms with Gasteiger partial charge in [-0.1, -0.05) is 222 Å². The fraction of sp³-hybridized carbons (Fsp3) is 0.758. The van der Waals surface area contributed by atoms with E-state index in [0.717, 1.165) is 96.3 Å². The van der Waals surface area contributed by atoms with Gasteiger partial charge in [-0.3, -0.25) is 14.4 Å². The fourth-order valence-electron chi connectivity index (χ4n) is 8.00. The van der Waals surface area contributed by atoms with Gasteiger partial charge in [-0.05, 0) is 116 Å². The van der Waals surface area contributed by atoms with Crippen molar-refractivity contribution in [2.24, 2.45) is 0 Å². The highest BCUT2D eigenvalue weighted by Crippen LogP contribution is 2.15. The van der Waals surface area contributed by atoms with Crippen molar-refractivity contribution in [2.75, 3.05) is 13.2 Å². The molecule has 0 heterocycles. The Morgan fingerprint density at radius 1 is 0.294 bits per heavy atom. The van der Waals surface area contributed by atoms with Crippen LogP contribution < -0.4 is 0 Å². The zero-order valence-corrected chi connectivity index (χ0v) is 44.9. The molecule has 0 aromatic heterocycles. The minimum Gasteiger partial charge on any atom is -0.462 e. The molecule has 0 spiro atoms. The molecule has 0 radical (unpaired) electrons. The molecule has 0 saturated heterocycles. The van der Waals surface area contributed by atoms with Gasteiger partial charge in [0.2, 0.25) is 0 Å². The van der Waals surface area contributed by atoms with E-state index in [9.17, 15) is 14.4 Å². The van der Waals surface area contributed by atoms with E-state index in [1.54, 1.807) is 0 Å². The van der Waals surface area contributed by atoms with Crippen LogP contribution in [0.25, 0.3) is 0 Å². The lowest BCUT2D eigenvalue weighted by Crippen LogP contribution is -2.30. The molecule has 0 aliphatic rings. The van der Waals surface area contributed by atoms with E-state index >= 15 is 0 Å². The average molecular weight is 950 g/mol. The molecule has 0 amide bonds. The van der Waals surface area contributed by atoms with Crippen LogP contribution in [0.2, 0.25) is 0 Å². The van der Waals surface area contributed by atoms with E-state index < -0.39 is 6.10 Å². The van der Waals surface area contributed by atoms with Crippen LogP contribution in [0.15, 0.2) is 72.9 Å². The minimum absolute atomic E-state index is 0.0868. The molecule has 6 heteroatoms. The topological polar surface area (TPSA) is 78.9 Å². The predicted molar refractivity (Wildman–Crippen MR) is 293 cm³/mol. The van der Waals surface area contributed by atoms with Crippen LogP contribution in [0.3, 0.4) is 0 Å². The highest BCUT2D eigenvalue weighted by molar-refractivity contribution is 5.71. The molecular formula is C62H108O6. The van der Waals surface area contributed by atoms with E-state index in [4.69, 9.17) is 14.2 Å². The quantitative estimate of drug-likeness (QED) is 0.0262. The second-order valence-corrected chi connectivity index (χ2v) is 19.2. The Bertz CT molecular complexity index is 1270. The maximum Gasteiger partial charge on any atom is 0.306 e. The Morgan fingerprint density at radius 2 is 0.529 bits per heavy atom. The standard InChI is InChI=1S/C62H108O6/c1-4-7-10-13-16-19-22-25-28-30-31-33-34-37-40-43-46-49-52-55-61(64)67-58-59(57-66-60(63)54-51-48-45-42-39-36-27-24-21-18-15-12-9-6-3)68-62(65)56-53-50-47-44-41-38-35-32-29-26-23-20-17-14-11-8-5-2/h16-17,19-20,24-29,31,33,59H,4-15,18,21-23,30,32,34-58H2,1-3H3/b19-16-,20-17-,27-24-,28-25-,29-26-,33-31-/t59-/m1/s1. The molecule has 0 saturated carbocycles. The first kappa shape index (κ1) is 64.8. The maximum absolute atomic E-state index is 12.9. The first-order chi connectivity index (χ1) is 33.5. The molecule has 0 aliphatic carbocycles. The molecule has 6 nitrogen and oxygen atoms in total. The van der Waals surface area contributed by atoms with Crippen molar-refractivity contribution < 1.29 is 28.6 Å². The van der Waals surface area contributed by atoms with Crippen molar-refractivity contribution in [1.29, 1.82) is 0 Å². The Balaban J connectivity index is 4.42. The second kappa shape index (κ2) is 56.4. The molecule has 0 N–H and O–H groups in total. The minimum atomic E-state index is -0.789. The summed E-state index contributed by atoms with van der Waals surface area (Å²) >= 11 is 0. The van der Waals surface area contributed by atoms with E-state index in [0.29, 0.717) is 19.3 Å². The molecule has 392 valence electrons. The number of carbonyl (C=O) groups is 3. The van der Waals surface area contributed by atoms with Crippen LogP contribution in [0.1, 0.15) is 284 Å². The molecule has 0 aromatic carbocycles. The number of esters is 3. The summed E-state index contributed by atoms with van der Waals surface area (Å²) in [5, 5.41) is 0. The van der Waals surface area contributed by atoms with Crippen molar-refractivity contribution in [1.82, 2.24) is 0 Å². The zero-order valence-electron chi connectivity index (χ0n) is 44.9. The summed E-state index contributed by atoms with van der Waals surface area (Å²) in [5.41, 5.74) is 0. The third kappa shape index (κ3) is 53.8. The number of hydrogen-bond acceptors (Lipinski definition) is 6. The van der Waals surface area contributed by atoms with Crippen molar-refractivity contribution in [3.05, 3.63) is 72.9 Å². The Labute approximate surface area is 421 Å². The molecule has 0 aromatic rings. The van der Waals surface area contributed by atoms with Crippen LogP contribution >= 0.6 is 0 Å². The largest absolute Gasteiger partial charge is 0.462 e. The highest BCUT2D eigenvalue weighted by Gasteiger charge is 2.19. The van der Waals surface area contributed by atoms with Gasteiger partial charge in [0, 0.05) is 19.3 Å². The lowest BCUT2D eigenvalue weighted by atomic mass is 10.1. The lowest BCUT2D eigenvalue weighted by Gasteiger charge is -2.18. The van der Waals surface area contributed by atoms with Gasteiger partial charge in [0.05, 0.1) is 0 Å². The monoisotopic (exact) mass is 949 g/mol. The lowest BCUT2D eigenvalue weighted by molar-refractivity contribution is -0.167. The SMILES string of the molecule is CCCCC/C=C\C/C=C\C/C=C\CCCCCCCCC(=O)OC[C@@H](COC(=O)CCCCCCC/C=C\CCCCCCC)OC(=O)CCCCCCCCC/C=C\C/C=C\CCCCC. The number of ether oxygens (including phenoxy) is 3. The Morgan fingerprint density at radius 3 is 0.868 bits per heavy atom. The van der Waals surface area contributed by atoms with Gasteiger partial charge in [-0.2, -0.15) is 0 Å². The molecule has 68 heavy (non-hydrogen) atoms. The zero-order chi connectivity index (χ0) is 49.3. The van der Waals surface area contributed by atoms with Gasteiger partial charge in [0.25, 0.3) is 0 Å². The summed E-state index contributed by atoms with van der Waals surface area (Å²) in [6.45, 7) is 6.57. The maximum atomic E-state index is 12.9. The van der Waals surface area contributed by atoms with Crippen molar-refractivity contribution >= 4 is 17.9 Å². The molecule has 0 unspecified atom stereocenters. The summed E-state index contributed by atoms with van der Waals surface area (Å²) in [6, 6.07) is 0. The van der Waals surface area contributed by atoms with E-state index in [1.807, 2.05) is 0 Å². The molecule has 0 fully saturated rings. The first-order valence-corrected chi connectivity index (χ1v) is 28.9. The van der Waals surface area contributed by atoms with Crippen LogP contribution in [-0.4, -0.2) is 37.2 Å². The van der Waals surface area contributed by atoms with E-state index in [-0.39, 0.29) is 31.1 Å². The molecule has 1 atom stereocenters. The van der Waals surface area contributed by atoms with Crippen molar-refractivity contribution in [2.45, 2.75) is 290 Å². The summed E-state index contributed by atoms with van der Waals surface area (Å²) in [5.74, 6) is -0.908. The first-order valence-electron chi connectivity index (χ1n) is 28.9. The number of hydrogen-bond donors (Lipinski definition) is 0. The summed E-state index contributed by atoms with van der Waals surface area (Å²) in [7, 11) is 0. The molecule has 0 bridgehead atoms. The van der Waals surface area contributed by atoms with Gasteiger partial charge in [-0.15, -0.1) is 0 Å². The number of allylic oxidation sites excluding steroid dienone is 12. The smallest absolute Gasteiger partial charge is 0.306 e. The van der Waals surface area contributed by atoms with Crippen LogP contribution in [0, 0.1) is 0 Å². The van der Waals surface area contributed by atoms with Crippen molar-refractivity contribution in [3.8, 4) is 0 Å². The average Bonchev–Trinajstić information content (AvgIpc) is 3.34. The summed E-state index contributed by atoms with van der Waals surface area (Å²) in [4.78, 5) is 38.2. The third-order valence-electron chi connectivity index (χ3n) is 12.4. The van der Waals surface area contributed by atoms with E-state index in [1.165, 1.54) is 148 Å². The van der Waals surface area contributed by atoms with Gasteiger partial charge >= 0.3 is 17.9 Å². The molecule has 0 rings (SSSR count). The highest BCUT2D eigenvalue weighted by atomic mass is 16.6. The van der Waals surface area contributed by atoms with Gasteiger partial charge in [0.1, 0.15) is 13.2 Å². The second-order valence-electron chi connectivity index (χ2n) is 19.2. The van der Waals surface area contributed by atoms with Crippen LogP contribution in [0.5, 0.6) is 0 Å². The number of rotatable bonds is 52. The third-order valence-corrected chi connectivity index (χ3v) is 12.4. The normalized spacial score (nSPS) is 12.6. The van der Waals surface area contributed by atoms with Crippen LogP contribution in [0.4, 0.5) is 0 Å². The molecule has 0 aliphatic heterocycles. The van der Waals surface area contributed by atoms with E-state index in [2.05, 4.69) is 93.7 Å². The predicted octanol–water partition coefficient (Wildman–Crippen LogP) is 19.4. The van der Waals surface area contributed by atoms with Gasteiger partial charge in [0.15, 0.2) is 6.10 Å².